The van der Waals surface area contributed by atoms with Crippen molar-refractivity contribution in [1.82, 2.24) is 0 Å². The SMILES string of the molecule is C=C1C[C@@]23CC[C@@H]4C(CO)(CO)C[C@@H](O)C[C@]4(C)[C@H]2CC[C@@H]1C3. The van der Waals surface area contributed by atoms with Crippen molar-refractivity contribution in [3.63, 3.8) is 0 Å². The van der Waals surface area contributed by atoms with Crippen LogP contribution in [0.4, 0.5) is 0 Å². The molecule has 4 rings (SSSR count). The molecule has 23 heavy (non-hydrogen) atoms. The average Bonchev–Trinajstić information content (AvgIpc) is 2.74. The zero-order valence-corrected chi connectivity index (χ0v) is 14.4. The molecule has 0 unspecified atom stereocenters. The summed E-state index contributed by atoms with van der Waals surface area (Å²) in [6.07, 6.45) is 8.23. The Morgan fingerprint density at radius 3 is 2.48 bits per heavy atom. The quantitative estimate of drug-likeness (QED) is 0.686. The lowest BCUT2D eigenvalue weighted by Crippen LogP contribution is -2.61. The standard InChI is InChI=1S/C20H32O3/c1-13-7-19-6-5-17-18(2,16(19)4-3-14(13)8-19)9-15(23)10-20(17,11-21)12-22/h14-17,21-23H,1,3-12H2,2H3/t14-,15+,16-,17+,18-,19-/m1/s1. The summed E-state index contributed by atoms with van der Waals surface area (Å²) in [6.45, 7) is 6.70. The summed E-state index contributed by atoms with van der Waals surface area (Å²) in [5.74, 6) is 1.66. The second-order valence-electron chi connectivity index (χ2n) is 9.57. The van der Waals surface area contributed by atoms with Gasteiger partial charge < -0.3 is 15.3 Å². The van der Waals surface area contributed by atoms with Gasteiger partial charge in [0.05, 0.1) is 19.3 Å². The zero-order chi connectivity index (χ0) is 16.5. The number of rotatable bonds is 2. The summed E-state index contributed by atoms with van der Waals surface area (Å²) in [6, 6.07) is 0. The predicted octanol–water partition coefficient (Wildman–Crippen LogP) is 2.89. The highest BCUT2D eigenvalue weighted by molar-refractivity contribution is 5.22. The molecule has 6 atom stereocenters. The Bertz CT molecular complexity index is 511. The fraction of sp³-hybridized carbons (Fsp3) is 0.900. The first-order valence-corrected chi connectivity index (χ1v) is 9.47. The van der Waals surface area contributed by atoms with Gasteiger partial charge in [0.25, 0.3) is 0 Å². The van der Waals surface area contributed by atoms with Crippen LogP contribution in [0, 0.1) is 34.0 Å². The van der Waals surface area contributed by atoms with Crippen LogP contribution in [-0.2, 0) is 0 Å². The molecule has 0 aromatic heterocycles. The number of hydrogen-bond acceptors (Lipinski definition) is 3. The van der Waals surface area contributed by atoms with E-state index in [2.05, 4.69) is 13.5 Å². The van der Waals surface area contributed by atoms with Crippen LogP contribution in [0.3, 0.4) is 0 Å². The Balaban J connectivity index is 1.75. The Morgan fingerprint density at radius 2 is 1.78 bits per heavy atom. The summed E-state index contributed by atoms with van der Waals surface area (Å²) >= 11 is 0. The first-order valence-electron chi connectivity index (χ1n) is 9.47. The van der Waals surface area contributed by atoms with Crippen LogP contribution in [0.2, 0.25) is 0 Å². The Labute approximate surface area is 139 Å². The molecule has 0 saturated heterocycles. The summed E-state index contributed by atoms with van der Waals surface area (Å²) in [5.41, 5.74) is 1.39. The minimum atomic E-state index is -0.500. The molecule has 0 aliphatic heterocycles. The Kier molecular flexibility index (Phi) is 3.54. The van der Waals surface area contributed by atoms with E-state index in [-0.39, 0.29) is 18.6 Å². The zero-order valence-electron chi connectivity index (χ0n) is 14.4. The maximum atomic E-state index is 10.6. The molecule has 3 N–H and O–H groups in total. The van der Waals surface area contributed by atoms with E-state index in [1.54, 1.807) is 0 Å². The van der Waals surface area contributed by atoms with Gasteiger partial charge in [-0.3, -0.25) is 0 Å². The molecule has 3 heteroatoms. The van der Waals surface area contributed by atoms with E-state index in [1.165, 1.54) is 37.7 Å². The van der Waals surface area contributed by atoms with Crippen LogP contribution in [0.1, 0.15) is 58.3 Å². The molecule has 0 amide bonds. The summed E-state index contributed by atoms with van der Waals surface area (Å²) in [7, 11) is 0. The number of hydrogen-bond donors (Lipinski definition) is 3. The van der Waals surface area contributed by atoms with Crippen molar-refractivity contribution in [3.8, 4) is 0 Å². The number of fused-ring (bicyclic) bond motifs is 3. The van der Waals surface area contributed by atoms with Crippen molar-refractivity contribution >= 4 is 0 Å². The van der Waals surface area contributed by atoms with Crippen LogP contribution in [0.25, 0.3) is 0 Å². The summed E-state index contributed by atoms with van der Waals surface area (Å²) < 4.78 is 0. The van der Waals surface area contributed by atoms with Crippen LogP contribution in [0.15, 0.2) is 12.2 Å². The van der Waals surface area contributed by atoms with Gasteiger partial charge in [-0.15, -0.1) is 0 Å². The van der Waals surface area contributed by atoms with Crippen molar-refractivity contribution in [2.45, 2.75) is 64.4 Å². The third-order valence-corrected chi connectivity index (χ3v) is 8.56. The van der Waals surface area contributed by atoms with Crippen LogP contribution in [-0.4, -0.2) is 34.6 Å². The lowest BCUT2D eigenvalue weighted by atomic mass is 9.40. The molecule has 0 aromatic rings. The second-order valence-corrected chi connectivity index (χ2v) is 9.57. The van der Waals surface area contributed by atoms with E-state index in [1.807, 2.05) is 0 Å². The fourth-order valence-corrected chi connectivity index (χ4v) is 7.83. The topological polar surface area (TPSA) is 60.7 Å². The predicted molar refractivity (Wildman–Crippen MR) is 89.7 cm³/mol. The molecule has 4 fully saturated rings. The van der Waals surface area contributed by atoms with Crippen LogP contribution in [0.5, 0.6) is 0 Å². The highest BCUT2D eigenvalue weighted by Gasteiger charge is 2.65. The van der Waals surface area contributed by atoms with Gasteiger partial charge in [-0.2, -0.15) is 0 Å². The lowest BCUT2D eigenvalue weighted by Gasteiger charge is -2.65. The van der Waals surface area contributed by atoms with Gasteiger partial charge in [-0.05, 0) is 80.0 Å². The average molecular weight is 320 g/mol. The van der Waals surface area contributed by atoms with Gasteiger partial charge in [-0.25, -0.2) is 0 Å². The molecule has 0 aromatic carbocycles. The van der Waals surface area contributed by atoms with Gasteiger partial charge in [0, 0.05) is 5.41 Å². The third kappa shape index (κ3) is 1.99. The monoisotopic (exact) mass is 320 g/mol. The van der Waals surface area contributed by atoms with E-state index in [0.29, 0.717) is 23.7 Å². The third-order valence-electron chi connectivity index (χ3n) is 8.56. The van der Waals surface area contributed by atoms with E-state index in [0.717, 1.165) is 18.8 Å². The first-order chi connectivity index (χ1) is 10.9. The molecule has 4 aliphatic rings. The number of aliphatic hydroxyl groups is 3. The molecular formula is C20H32O3. The maximum Gasteiger partial charge on any atom is 0.0552 e. The normalized spacial score (nSPS) is 51.2. The molecule has 3 nitrogen and oxygen atoms in total. The van der Waals surface area contributed by atoms with Crippen molar-refractivity contribution in [3.05, 3.63) is 12.2 Å². The van der Waals surface area contributed by atoms with Gasteiger partial charge in [0.2, 0.25) is 0 Å². The van der Waals surface area contributed by atoms with E-state index < -0.39 is 11.5 Å². The van der Waals surface area contributed by atoms with Gasteiger partial charge >= 0.3 is 0 Å². The van der Waals surface area contributed by atoms with Crippen LogP contribution < -0.4 is 0 Å². The molecule has 4 saturated carbocycles. The van der Waals surface area contributed by atoms with Crippen molar-refractivity contribution in [2.75, 3.05) is 13.2 Å². The van der Waals surface area contributed by atoms with E-state index in [9.17, 15) is 15.3 Å². The Hall–Kier alpha value is -0.380. The minimum Gasteiger partial charge on any atom is -0.396 e. The van der Waals surface area contributed by atoms with E-state index in [4.69, 9.17) is 0 Å². The molecule has 0 radical (unpaired) electrons. The lowest BCUT2D eigenvalue weighted by molar-refractivity contribution is -0.200. The number of aliphatic hydroxyl groups excluding tert-OH is 3. The summed E-state index contributed by atoms with van der Waals surface area (Å²) in [4.78, 5) is 0. The van der Waals surface area contributed by atoms with Gasteiger partial charge in [-0.1, -0.05) is 19.1 Å². The maximum absolute atomic E-state index is 10.6. The van der Waals surface area contributed by atoms with Gasteiger partial charge in [0.1, 0.15) is 0 Å². The smallest absolute Gasteiger partial charge is 0.0552 e. The van der Waals surface area contributed by atoms with E-state index >= 15 is 0 Å². The molecule has 130 valence electrons. The number of allylic oxidation sites excluding steroid dienone is 1. The largest absolute Gasteiger partial charge is 0.396 e. The fourth-order valence-electron chi connectivity index (χ4n) is 7.83. The van der Waals surface area contributed by atoms with Gasteiger partial charge in [0.15, 0.2) is 0 Å². The molecule has 1 spiro atoms. The van der Waals surface area contributed by atoms with Crippen molar-refractivity contribution in [2.24, 2.45) is 34.0 Å². The Morgan fingerprint density at radius 1 is 1.04 bits per heavy atom. The molecule has 4 aliphatic carbocycles. The highest BCUT2D eigenvalue weighted by Crippen LogP contribution is 2.72. The van der Waals surface area contributed by atoms with Crippen LogP contribution >= 0.6 is 0 Å². The molecule has 2 bridgehead atoms. The molecular weight excluding hydrogens is 288 g/mol. The second kappa shape index (κ2) is 5.06. The first kappa shape index (κ1) is 16.1. The summed E-state index contributed by atoms with van der Waals surface area (Å²) in [5, 5.41) is 30.8. The highest BCUT2D eigenvalue weighted by atomic mass is 16.3. The minimum absolute atomic E-state index is 0.00410. The van der Waals surface area contributed by atoms with Crippen molar-refractivity contribution in [1.29, 1.82) is 0 Å². The van der Waals surface area contributed by atoms with Crippen molar-refractivity contribution < 1.29 is 15.3 Å². The molecule has 0 heterocycles.